The van der Waals surface area contributed by atoms with Gasteiger partial charge in [0.05, 0.1) is 17.8 Å². The Balaban J connectivity index is 2.05. The largest absolute Gasteiger partial charge is 0.301 e. The highest BCUT2D eigenvalue weighted by Gasteiger charge is 2.26. The van der Waals surface area contributed by atoms with Crippen LogP contribution >= 0.6 is 15.9 Å². The summed E-state index contributed by atoms with van der Waals surface area (Å²) in [4.78, 5) is 7.21. The molecule has 1 atom stereocenters. The zero-order chi connectivity index (χ0) is 12.5. The fraction of sp³-hybridized carbons (Fsp3) is 0.500. The molecule has 0 N–H and O–H groups in total. The molecule has 0 spiro atoms. The second-order valence-corrected chi connectivity index (χ2v) is 5.72. The third kappa shape index (κ3) is 1.97. The van der Waals surface area contributed by atoms with Crippen LogP contribution in [0.1, 0.15) is 38.1 Å². The molecule has 1 aliphatic heterocycles. The molecule has 1 fully saturated rings. The first-order valence-electron chi connectivity index (χ1n) is 6.66. The number of rotatable bonds is 2. The van der Waals surface area contributed by atoms with Gasteiger partial charge in [0.25, 0.3) is 0 Å². The molecule has 3 heterocycles. The third-order valence-electron chi connectivity index (χ3n) is 3.87. The number of aromatic nitrogens is 2. The minimum atomic E-state index is 0.473. The van der Waals surface area contributed by atoms with E-state index in [0.717, 1.165) is 16.5 Å². The molecule has 1 unspecified atom stereocenters. The maximum atomic E-state index is 4.67. The van der Waals surface area contributed by atoms with Crippen LogP contribution in [0.3, 0.4) is 0 Å². The Morgan fingerprint density at radius 1 is 1.44 bits per heavy atom. The number of hydrogen-bond donors (Lipinski definition) is 0. The molecular formula is C14H18BrN3. The predicted molar refractivity (Wildman–Crippen MR) is 76.7 cm³/mol. The molecule has 0 amide bonds. The molecule has 4 heteroatoms. The van der Waals surface area contributed by atoms with E-state index in [-0.39, 0.29) is 0 Å². The van der Waals surface area contributed by atoms with E-state index in [2.05, 4.69) is 55.5 Å². The maximum absolute atomic E-state index is 4.67. The summed E-state index contributed by atoms with van der Waals surface area (Å²) in [5.41, 5.74) is 1.16. The van der Waals surface area contributed by atoms with Gasteiger partial charge in [-0.05, 0) is 54.0 Å². The maximum Gasteiger partial charge on any atom is 0.130 e. The molecule has 18 heavy (non-hydrogen) atoms. The van der Waals surface area contributed by atoms with E-state index in [1.807, 2.05) is 6.20 Å². The topological polar surface area (TPSA) is 20.5 Å². The van der Waals surface area contributed by atoms with Gasteiger partial charge >= 0.3 is 0 Å². The Kier molecular flexibility index (Phi) is 3.39. The standard InChI is InChI=1S/C14H18BrN3/c1-2-17-8-4-3-7-12(17)14-16-10-13-11(15)6-5-9-18(13)14/h5-6,9-10,12H,2-4,7-8H2,1H3. The highest BCUT2D eigenvalue weighted by Crippen LogP contribution is 2.31. The Morgan fingerprint density at radius 2 is 2.33 bits per heavy atom. The summed E-state index contributed by atoms with van der Waals surface area (Å²) in [5.74, 6) is 1.19. The molecular weight excluding hydrogens is 290 g/mol. The molecule has 0 aromatic carbocycles. The molecule has 2 aromatic heterocycles. The number of nitrogens with zero attached hydrogens (tertiary/aromatic N) is 3. The van der Waals surface area contributed by atoms with E-state index in [9.17, 15) is 0 Å². The van der Waals surface area contributed by atoms with Crippen molar-refractivity contribution in [3.8, 4) is 0 Å². The van der Waals surface area contributed by atoms with Crippen LogP contribution < -0.4 is 0 Å². The van der Waals surface area contributed by atoms with E-state index in [1.165, 1.54) is 31.6 Å². The fourth-order valence-corrected chi connectivity index (χ4v) is 3.36. The summed E-state index contributed by atoms with van der Waals surface area (Å²) in [7, 11) is 0. The van der Waals surface area contributed by atoms with E-state index >= 15 is 0 Å². The second-order valence-electron chi connectivity index (χ2n) is 4.87. The average Bonchev–Trinajstić information content (AvgIpc) is 2.84. The molecule has 0 bridgehead atoms. The summed E-state index contributed by atoms with van der Waals surface area (Å²) in [6.07, 6.45) is 7.94. The number of pyridine rings is 1. The van der Waals surface area contributed by atoms with Gasteiger partial charge in [0.15, 0.2) is 0 Å². The molecule has 3 nitrogen and oxygen atoms in total. The summed E-state index contributed by atoms with van der Waals surface area (Å²) in [6, 6.07) is 4.61. The van der Waals surface area contributed by atoms with Crippen LogP contribution in [-0.4, -0.2) is 27.4 Å². The molecule has 1 aliphatic rings. The molecule has 0 radical (unpaired) electrons. The van der Waals surface area contributed by atoms with Gasteiger partial charge in [0, 0.05) is 10.7 Å². The van der Waals surface area contributed by atoms with Crippen molar-refractivity contribution in [2.24, 2.45) is 0 Å². The van der Waals surface area contributed by atoms with E-state index < -0.39 is 0 Å². The lowest BCUT2D eigenvalue weighted by molar-refractivity contribution is 0.149. The zero-order valence-electron chi connectivity index (χ0n) is 10.6. The number of halogens is 1. The van der Waals surface area contributed by atoms with Crippen LogP contribution in [0, 0.1) is 0 Å². The molecule has 1 saturated heterocycles. The van der Waals surface area contributed by atoms with Gasteiger partial charge in [-0.1, -0.05) is 13.3 Å². The predicted octanol–water partition coefficient (Wildman–Crippen LogP) is 3.64. The van der Waals surface area contributed by atoms with Crippen LogP contribution in [0.5, 0.6) is 0 Å². The van der Waals surface area contributed by atoms with Gasteiger partial charge in [0.2, 0.25) is 0 Å². The zero-order valence-corrected chi connectivity index (χ0v) is 12.2. The Morgan fingerprint density at radius 3 is 3.17 bits per heavy atom. The van der Waals surface area contributed by atoms with E-state index in [0.29, 0.717) is 6.04 Å². The van der Waals surface area contributed by atoms with Crippen molar-refractivity contribution in [2.75, 3.05) is 13.1 Å². The number of piperidine rings is 1. The molecule has 96 valence electrons. The van der Waals surface area contributed by atoms with Crippen molar-refractivity contribution in [2.45, 2.75) is 32.2 Å². The monoisotopic (exact) mass is 307 g/mol. The Labute approximate surface area is 116 Å². The number of imidazole rings is 1. The minimum absolute atomic E-state index is 0.473. The Hall–Kier alpha value is -0.870. The highest BCUT2D eigenvalue weighted by molar-refractivity contribution is 9.10. The average molecular weight is 308 g/mol. The van der Waals surface area contributed by atoms with Crippen LogP contribution in [0.15, 0.2) is 29.0 Å². The van der Waals surface area contributed by atoms with Crippen LogP contribution in [0.25, 0.3) is 5.52 Å². The lowest BCUT2D eigenvalue weighted by atomic mass is 10.0. The lowest BCUT2D eigenvalue weighted by Crippen LogP contribution is -2.34. The minimum Gasteiger partial charge on any atom is -0.301 e. The van der Waals surface area contributed by atoms with Gasteiger partial charge in [-0.3, -0.25) is 4.90 Å². The third-order valence-corrected chi connectivity index (χ3v) is 4.54. The smallest absolute Gasteiger partial charge is 0.130 e. The summed E-state index contributed by atoms with van der Waals surface area (Å²) < 4.78 is 3.34. The van der Waals surface area contributed by atoms with Gasteiger partial charge in [-0.2, -0.15) is 0 Å². The molecule has 3 rings (SSSR count). The van der Waals surface area contributed by atoms with Crippen molar-refractivity contribution in [1.82, 2.24) is 14.3 Å². The first-order chi connectivity index (χ1) is 8.81. The SMILES string of the molecule is CCN1CCCCC1c1ncc2c(Br)cccn12. The van der Waals surface area contributed by atoms with Crippen molar-refractivity contribution >= 4 is 21.4 Å². The van der Waals surface area contributed by atoms with E-state index in [1.54, 1.807) is 0 Å². The first-order valence-corrected chi connectivity index (χ1v) is 7.46. The summed E-state index contributed by atoms with van der Waals surface area (Å²) in [6.45, 7) is 4.54. The summed E-state index contributed by atoms with van der Waals surface area (Å²) in [5, 5.41) is 0. The van der Waals surface area contributed by atoms with Crippen molar-refractivity contribution in [3.05, 3.63) is 34.8 Å². The van der Waals surface area contributed by atoms with Gasteiger partial charge in [0.1, 0.15) is 5.82 Å². The fourth-order valence-electron chi connectivity index (χ4n) is 2.92. The normalized spacial score (nSPS) is 21.6. The number of likely N-dealkylation sites (tertiary alicyclic amines) is 1. The van der Waals surface area contributed by atoms with Crippen LogP contribution in [-0.2, 0) is 0 Å². The summed E-state index contributed by atoms with van der Waals surface area (Å²) >= 11 is 3.59. The number of hydrogen-bond acceptors (Lipinski definition) is 2. The van der Waals surface area contributed by atoms with Crippen molar-refractivity contribution in [1.29, 1.82) is 0 Å². The quantitative estimate of drug-likeness (QED) is 0.844. The van der Waals surface area contributed by atoms with Crippen molar-refractivity contribution < 1.29 is 0 Å². The lowest BCUT2D eigenvalue weighted by Gasteiger charge is -2.33. The van der Waals surface area contributed by atoms with E-state index in [4.69, 9.17) is 0 Å². The van der Waals surface area contributed by atoms with Crippen LogP contribution in [0.2, 0.25) is 0 Å². The number of fused-ring (bicyclic) bond motifs is 1. The van der Waals surface area contributed by atoms with Gasteiger partial charge in [-0.15, -0.1) is 0 Å². The van der Waals surface area contributed by atoms with Gasteiger partial charge < -0.3 is 4.40 Å². The molecule has 2 aromatic rings. The molecule has 0 saturated carbocycles. The van der Waals surface area contributed by atoms with Gasteiger partial charge in [-0.25, -0.2) is 4.98 Å². The van der Waals surface area contributed by atoms with Crippen LogP contribution in [0.4, 0.5) is 0 Å². The van der Waals surface area contributed by atoms with Crippen molar-refractivity contribution in [3.63, 3.8) is 0 Å². The highest BCUT2D eigenvalue weighted by atomic mass is 79.9. The first kappa shape index (κ1) is 12.2. The Bertz CT molecular complexity index is 549. The molecule has 0 aliphatic carbocycles. The second kappa shape index (κ2) is 5.02.